The molecule has 0 aromatic carbocycles. The van der Waals surface area contributed by atoms with Gasteiger partial charge in [0.05, 0.1) is 10.7 Å². The van der Waals surface area contributed by atoms with Crippen molar-refractivity contribution < 1.29 is 9.90 Å². The molecule has 0 radical (unpaired) electrons. The summed E-state index contributed by atoms with van der Waals surface area (Å²) in [7, 11) is 0. The van der Waals surface area contributed by atoms with Gasteiger partial charge in [-0.25, -0.2) is 9.78 Å². The first-order valence-electron chi connectivity index (χ1n) is 8.18. The van der Waals surface area contributed by atoms with Crippen molar-refractivity contribution in [3.05, 3.63) is 15.6 Å². The Morgan fingerprint density at radius 3 is 2.77 bits per heavy atom. The first-order valence-corrected chi connectivity index (χ1v) is 9.00. The zero-order valence-corrected chi connectivity index (χ0v) is 14.3. The molecule has 1 aliphatic rings. The van der Waals surface area contributed by atoms with Crippen LogP contribution in [-0.2, 0) is 6.42 Å². The van der Waals surface area contributed by atoms with Crippen molar-refractivity contribution in [1.29, 1.82) is 0 Å². The van der Waals surface area contributed by atoms with E-state index < -0.39 is 0 Å². The third-order valence-corrected chi connectivity index (χ3v) is 5.48. The lowest BCUT2D eigenvalue weighted by Gasteiger charge is -2.24. The lowest BCUT2D eigenvalue weighted by Crippen LogP contribution is -2.46. The third-order valence-electron chi connectivity index (χ3n) is 4.35. The van der Waals surface area contributed by atoms with Gasteiger partial charge in [-0.1, -0.05) is 19.3 Å². The van der Waals surface area contributed by atoms with Gasteiger partial charge in [-0.2, -0.15) is 0 Å². The van der Waals surface area contributed by atoms with Crippen molar-refractivity contribution in [3.63, 3.8) is 0 Å². The monoisotopic (exact) mass is 325 g/mol. The van der Waals surface area contributed by atoms with Gasteiger partial charge >= 0.3 is 6.03 Å². The maximum atomic E-state index is 12.0. The molecule has 0 bridgehead atoms. The van der Waals surface area contributed by atoms with Gasteiger partial charge in [0, 0.05) is 36.4 Å². The molecule has 0 aliphatic heterocycles. The molecule has 2 amide bonds. The Labute approximate surface area is 136 Å². The van der Waals surface area contributed by atoms with Crippen LogP contribution in [0.3, 0.4) is 0 Å². The topological polar surface area (TPSA) is 74.2 Å². The fraction of sp³-hybridized carbons (Fsp3) is 0.750. The lowest BCUT2D eigenvalue weighted by atomic mass is 9.96. The van der Waals surface area contributed by atoms with Crippen LogP contribution in [0.2, 0.25) is 0 Å². The van der Waals surface area contributed by atoms with Crippen LogP contribution in [0.15, 0.2) is 0 Å². The molecule has 2 atom stereocenters. The van der Waals surface area contributed by atoms with E-state index >= 15 is 0 Å². The fourth-order valence-corrected chi connectivity index (χ4v) is 4.04. The average Bonchev–Trinajstić information content (AvgIpc) is 2.68. The number of rotatable bonds is 5. The Bertz CT molecular complexity index is 490. The highest BCUT2D eigenvalue weighted by atomic mass is 32.1. The molecule has 1 aliphatic carbocycles. The van der Waals surface area contributed by atoms with Crippen LogP contribution in [0.1, 0.15) is 47.7 Å². The number of aromatic nitrogens is 1. The summed E-state index contributed by atoms with van der Waals surface area (Å²) in [6.07, 6.45) is 6.25. The van der Waals surface area contributed by atoms with E-state index in [0.29, 0.717) is 6.54 Å². The van der Waals surface area contributed by atoms with Crippen molar-refractivity contribution >= 4 is 17.4 Å². The number of nitrogens with zero attached hydrogens (tertiary/aromatic N) is 1. The molecule has 6 heteroatoms. The molecule has 1 aromatic rings. The summed E-state index contributed by atoms with van der Waals surface area (Å²) in [5.74, 6) is 0.194. The van der Waals surface area contributed by atoms with Gasteiger partial charge in [0.15, 0.2) is 0 Å². The smallest absolute Gasteiger partial charge is 0.315 e. The summed E-state index contributed by atoms with van der Waals surface area (Å²) in [5, 5.41) is 16.5. The Balaban J connectivity index is 1.76. The van der Waals surface area contributed by atoms with Crippen LogP contribution in [-0.4, -0.2) is 35.3 Å². The van der Waals surface area contributed by atoms with Gasteiger partial charge in [-0.05, 0) is 26.7 Å². The number of urea groups is 1. The van der Waals surface area contributed by atoms with Crippen LogP contribution in [0, 0.1) is 19.8 Å². The number of aliphatic hydroxyl groups is 1. The molecule has 0 saturated heterocycles. The second-order valence-electron chi connectivity index (χ2n) is 6.08. The Hall–Kier alpha value is -1.14. The number of carbonyl (C=O) groups excluding carboxylic acids is 1. The van der Waals surface area contributed by atoms with E-state index in [1.807, 2.05) is 13.8 Å². The van der Waals surface area contributed by atoms with E-state index in [1.165, 1.54) is 11.3 Å². The van der Waals surface area contributed by atoms with Gasteiger partial charge < -0.3 is 15.7 Å². The summed E-state index contributed by atoms with van der Waals surface area (Å²) in [4.78, 5) is 17.7. The lowest BCUT2D eigenvalue weighted by molar-refractivity contribution is 0.179. The molecule has 1 heterocycles. The quantitative estimate of drug-likeness (QED) is 0.728. The van der Waals surface area contributed by atoms with E-state index in [-0.39, 0.29) is 24.6 Å². The Kier molecular flexibility index (Phi) is 6.64. The zero-order valence-electron chi connectivity index (χ0n) is 13.5. The van der Waals surface area contributed by atoms with Gasteiger partial charge in [-0.15, -0.1) is 11.3 Å². The van der Waals surface area contributed by atoms with Gasteiger partial charge in [0.1, 0.15) is 0 Å². The van der Waals surface area contributed by atoms with Crippen LogP contribution in [0.5, 0.6) is 0 Å². The summed E-state index contributed by atoms with van der Waals surface area (Å²) in [6.45, 7) is 4.79. The molecule has 0 spiro atoms. The van der Waals surface area contributed by atoms with Crippen molar-refractivity contribution in [1.82, 2.24) is 15.6 Å². The fourth-order valence-electron chi connectivity index (χ4n) is 3.11. The summed E-state index contributed by atoms with van der Waals surface area (Å²) in [5.41, 5.74) is 1.06. The standard InChI is InChI=1S/C16H27N3O2S/c1-11-15(22-12(2)18-11)8-9-17-16(21)19-14-7-5-3-4-6-13(14)10-20/h13-14,20H,3-10H2,1-2H3,(H2,17,19,21). The largest absolute Gasteiger partial charge is 0.396 e. The molecule has 1 fully saturated rings. The molecule has 5 nitrogen and oxygen atoms in total. The molecule has 3 N–H and O–H groups in total. The average molecular weight is 325 g/mol. The minimum absolute atomic E-state index is 0.0971. The molecule has 2 rings (SSSR count). The minimum atomic E-state index is -0.121. The van der Waals surface area contributed by atoms with Crippen molar-refractivity contribution in [2.75, 3.05) is 13.2 Å². The number of hydrogen-bond donors (Lipinski definition) is 3. The SMILES string of the molecule is Cc1nc(C)c(CCNC(=O)NC2CCCCCC2CO)s1. The predicted octanol–water partition coefficient (Wildman–Crippen LogP) is 2.54. The van der Waals surface area contributed by atoms with Gasteiger partial charge in [0.25, 0.3) is 0 Å². The number of aryl methyl sites for hydroxylation is 2. The summed E-state index contributed by atoms with van der Waals surface area (Å²) in [6, 6.07) is -0.0240. The highest BCUT2D eigenvalue weighted by molar-refractivity contribution is 7.11. The van der Waals surface area contributed by atoms with E-state index in [4.69, 9.17) is 0 Å². The number of hydrogen-bond acceptors (Lipinski definition) is 4. The first kappa shape index (κ1) is 17.2. The maximum Gasteiger partial charge on any atom is 0.315 e. The van der Waals surface area contributed by atoms with Crippen molar-refractivity contribution in [2.45, 2.75) is 58.4 Å². The highest BCUT2D eigenvalue weighted by Gasteiger charge is 2.24. The van der Waals surface area contributed by atoms with Crippen LogP contribution in [0.25, 0.3) is 0 Å². The van der Waals surface area contributed by atoms with Crippen LogP contribution < -0.4 is 10.6 Å². The van der Waals surface area contributed by atoms with E-state index in [1.54, 1.807) is 11.3 Å². The minimum Gasteiger partial charge on any atom is -0.396 e. The van der Waals surface area contributed by atoms with Crippen molar-refractivity contribution in [2.24, 2.45) is 5.92 Å². The van der Waals surface area contributed by atoms with E-state index in [9.17, 15) is 9.90 Å². The number of thiazole rings is 1. The number of nitrogens with one attached hydrogen (secondary N) is 2. The molecule has 2 unspecified atom stereocenters. The number of amides is 2. The molecule has 22 heavy (non-hydrogen) atoms. The number of aliphatic hydroxyl groups excluding tert-OH is 1. The zero-order chi connectivity index (χ0) is 15.9. The van der Waals surface area contributed by atoms with Gasteiger partial charge in [-0.3, -0.25) is 0 Å². The second-order valence-corrected chi connectivity index (χ2v) is 7.37. The molecule has 124 valence electrons. The van der Waals surface area contributed by atoms with Crippen LogP contribution in [0.4, 0.5) is 4.79 Å². The first-order chi connectivity index (χ1) is 10.6. The molecule has 1 aromatic heterocycles. The Morgan fingerprint density at radius 2 is 2.09 bits per heavy atom. The van der Waals surface area contributed by atoms with Gasteiger partial charge in [0.2, 0.25) is 0 Å². The van der Waals surface area contributed by atoms with Crippen LogP contribution >= 0.6 is 11.3 Å². The summed E-state index contributed by atoms with van der Waals surface area (Å²) < 4.78 is 0. The van der Waals surface area contributed by atoms with Crippen molar-refractivity contribution in [3.8, 4) is 0 Å². The maximum absolute atomic E-state index is 12.0. The third kappa shape index (κ3) is 4.95. The normalized spacial score (nSPS) is 22.1. The summed E-state index contributed by atoms with van der Waals surface area (Å²) >= 11 is 1.69. The van der Waals surface area contributed by atoms with E-state index in [0.717, 1.165) is 42.8 Å². The Morgan fingerprint density at radius 1 is 1.32 bits per heavy atom. The van der Waals surface area contributed by atoms with E-state index in [2.05, 4.69) is 15.6 Å². The predicted molar refractivity (Wildman–Crippen MR) is 89.3 cm³/mol. The number of carbonyl (C=O) groups is 1. The second kappa shape index (κ2) is 8.48. The molecule has 1 saturated carbocycles. The highest BCUT2D eigenvalue weighted by Crippen LogP contribution is 2.23. The molecular formula is C16H27N3O2S. The molecular weight excluding hydrogens is 298 g/mol.